The predicted molar refractivity (Wildman–Crippen MR) is 61.8 cm³/mol. The molecule has 17 heavy (non-hydrogen) atoms. The Morgan fingerprint density at radius 3 is 2.88 bits per heavy atom. The lowest BCUT2D eigenvalue weighted by Crippen LogP contribution is -2.32. The van der Waals surface area contributed by atoms with E-state index in [2.05, 4.69) is 13.5 Å². The third-order valence-corrected chi connectivity index (χ3v) is 2.99. The van der Waals surface area contributed by atoms with Gasteiger partial charge in [-0.1, -0.05) is 25.8 Å². The highest BCUT2D eigenvalue weighted by Crippen LogP contribution is 2.40. The van der Waals surface area contributed by atoms with E-state index < -0.39 is 11.8 Å². The van der Waals surface area contributed by atoms with Gasteiger partial charge in [0.2, 0.25) is 0 Å². The second-order valence-corrected chi connectivity index (χ2v) is 4.39. The van der Waals surface area contributed by atoms with Crippen LogP contribution in [0.4, 0.5) is 0 Å². The molecule has 0 N–H and O–H groups in total. The summed E-state index contributed by atoms with van der Waals surface area (Å²) in [5, 5.41) is 0. The molecule has 1 atom stereocenters. The monoisotopic (exact) mass is 238 g/mol. The van der Waals surface area contributed by atoms with Gasteiger partial charge in [0.05, 0.1) is 0 Å². The Balaban J connectivity index is 2.01. The van der Waals surface area contributed by atoms with Gasteiger partial charge < -0.3 is 14.2 Å². The van der Waals surface area contributed by atoms with E-state index in [1.165, 1.54) is 0 Å². The Labute approximate surface area is 101 Å². The normalized spacial score (nSPS) is 26.3. The number of hydrogen-bond donors (Lipinski definition) is 0. The lowest BCUT2D eigenvalue weighted by molar-refractivity contribution is -0.180. The van der Waals surface area contributed by atoms with Crippen LogP contribution in [0.3, 0.4) is 0 Å². The van der Waals surface area contributed by atoms with Crippen molar-refractivity contribution in [3.05, 3.63) is 24.2 Å². The van der Waals surface area contributed by atoms with Gasteiger partial charge in [-0.05, 0) is 6.42 Å². The molecule has 94 valence electrons. The number of ether oxygens (including phenoxy) is 3. The van der Waals surface area contributed by atoms with Crippen molar-refractivity contribution in [2.24, 2.45) is 0 Å². The summed E-state index contributed by atoms with van der Waals surface area (Å²) in [6.07, 6.45) is 6.39. The minimum absolute atomic E-state index is 0.195. The summed E-state index contributed by atoms with van der Waals surface area (Å²) in [6.45, 7) is 6.06. The number of esters is 1. The van der Waals surface area contributed by atoms with Crippen molar-refractivity contribution in [2.45, 2.75) is 44.8 Å². The highest BCUT2D eigenvalue weighted by Gasteiger charge is 2.47. The van der Waals surface area contributed by atoms with Gasteiger partial charge in [-0.2, -0.15) is 0 Å². The Morgan fingerprint density at radius 2 is 2.24 bits per heavy atom. The Hall–Kier alpha value is -1.45. The molecular formula is C13H18O4. The molecule has 0 aromatic carbocycles. The van der Waals surface area contributed by atoms with Crippen LogP contribution in [0.2, 0.25) is 0 Å². The lowest BCUT2D eigenvalue weighted by atomic mass is 10.0. The van der Waals surface area contributed by atoms with E-state index in [0.29, 0.717) is 12.2 Å². The van der Waals surface area contributed by atoms with E-state index in [0.717, 1.165) is 25.7 Å². The number of cyclic esters (lactones) is 1. The summed E-state index contributed by atoms with van der Waals surface area (Å²) in [5.41, 5.74) is 0. The highest BCUT2D eigenvalue weighted by atomic mass is 16.8. The minimum atomic E-state index is -0.721. The smallest absolute Gasteiger partial charge is 0.377 e. The second kappa shape index (κ2) is 4.82. The first kappa shape index (κ1) is 12.0. The Kier molecular flexibility index (Phi) is 3.41. The van der Waals surface area contributed by atoms with E-state index in [1.807, 2.05) is 0 Å². The molecule has 0 fully saturated rings. The van der Waals surface area contributed by atoms with E-state index in [1.54, 1.807) is 6.08 Å². The third-order valence-electron chi connectivity index (χ3n) is 2.99. The maximum atomic E-state index is 11.4. The molecule has 1 unspecified atom stereocenters. The van der Waals surface area contributed by atoms with Crippen molar-refractivity contribution in [3.8, 4) is 0 Å². The van der Waals surface area contributed by atoms with E-state index in [-0.39, 0.29) is 12.4 Å². The van der Waals surface area contributed by atoms with E-state index >= 15 is 0 Å². The standard InChI is InChI=1S/C13H18O4/c1-3-5-6-8-13(7-4-2)16-10-9-15-12(14)11(10)17-13/h4H,2-3,5-9H2,1H3. The van der Waals surface area contributed by atoms with Crippen LogP contribution < -0.4 is 0 Å². The van der Waals surface area contributed by atoms with Gasteiger partial charge in [0.25, 0.3) is 11.5 Å². The first-order valence-electron chi connectivity index (χ1n) is 6.10. The first-order chi connectivity index (χ1) is 8.21. The first-order valence-corrected chi connectivity index (χ1v) is 6.10. The number of carbonyl (C=O) groups is 1. The van der Waals surface area contributed by atoms with Gasteiger partial charge in [-0.3, -0.25) is 0 Å². The van der Waals surface area contributed by atoms with Gasteiger partial charge in [-0.25, -0.2) is 4.79 Å². The van der Waals surface area contributed by atoms with Gasteiger partial charge in [0.1, 0.15) is 0 Å². The van der Waals surface area contributed by atoms with Crippen LogP contribution in [-0.2, 0) is 19.0 Å². The Morgan fingerprint density at radius 1 is 1.41 bits per heavy atom. The summed E-state index contributed by atoms with van der Waals surface area (Å²) >= 11 is 0. The number of unbranched alkanes of at least 4 members (excludes halogenated alkanes) is 2. The fraction of sp³-hybridized carbons (Fsp3) is 0.615. The van der Waals surface area contributed by atoms with Crippen LogP contribution in [0.25, 0.3) is 0 Å². The zero-order valence-corrected chi connectivity index (χ0v) is 10.2. The third kappa shape index (κ3) is 2.30. The highest BCUT2D eigenvalue weighted by molar-refractivity contribution is 5.89. The summed E-state index contributed by atoms with van der Waals surface area (Å²) in [4.78, 5) is 11.4. The van der Waals surface area contributed by atoms with Crippen molar-refractivity contribution in [2.75, 3.05) is 6.61 Å². The SMILES string of the molecule is C=CCC1(CCCCC)OC2=C(O1)C(=O)OC2. The van der Waals surface area contributed by atoms with Crippen LogP contribution in [0, 0.1) is 0 Å². The van der Waals surface area contributed by atoms with Crippen molar-refractivity contribution < 1.29 is 19.0 Å². The summed E-state index contributed by atoms with van der Waals surface area (Å²) < 4.78 is 16.3. The molecule has 2 aliphatic rings. The molecule has 2 heterocycles. The molecule has 0 saturated carbocycles. The quantitative estimate of drug-likeness (QED) is 0.405. The molecular weight excluding hydrogens is 220 g/mol. The second-order valence-electron chi connectivity index (χ2n) is 4.39. The molecule has 0 radical (unpaired) electrons. The minimum Gasteiger partial charge on any atom is -0.451 e. The fourth-order valence-corrected chi connectivity index (χ4v) is 2.13. The van der Waals surface area contributed by atoms with Crippen molar-refractivity contribution in [3.63, 3.8) is 0 Å². The molecule has 0 bridgehead atoms. The fourth-order valence-electron chi connectivity index (χ4n) is 2.13. The average Bonchev–Trinajstić information content (AvgIpc) is 2.80. The molecule has 4 nitrogen and oxygen atoms in total. The van der Waals surface area contributed by atoms with Crippen molar-refractivity contribution in [1.29, 1.82) is 0 Å². The molecule has 0 saturated heterocycles. The van der Waals surface area contributed by atoms with Crippen molar-refractivity contribution in [1.82, 2.24) is 0 Å². The van der Waals surface area contributed by atoms with Crippen LogP contribution in [0.1, 0.15) is 39.0 Å². The molecule has 4 heteroatoms. The number of carbonyl (C=O) groups excluding carboxylic acids is 1. The van der Waals surface area contributed by atoms with Gasteiger partial charge in [0.15, 0.2) is 12.4 Å². The van der Waals surface area contributed by atoms with Gasteiger partial charge in [0, 0.05) is 12.8 Å². The van der Waals surface area contributed by atoms with Crippen molar-refractivity contribution >= 4 is 5.97 Å². The molecule has 0 amide bonds. The lowest BCUT2D eigenvalue weighted by Gasteiger charge is -2.28. The maximum absolute atomic E-state index is 11.4. The van der Waals surface area contributed by atoms with Crippen LogP contribution >= 0.6 is 0 Å². The summed E-state index contributed by atoms with van der Waals surface area (Å²) in [7, 11) is 0. The number of hydrogen-bond acceptors (Lipinski definition) is 4. The average molecular weight is 238 g/mol. The summed E-state index contributed by atoms with van der Waals surface area (Å²) in [6, 6.07) is 0. The van der Waals surface area contributed by atoms with Gasteiger partial charge in [-0.15, -0.1) is 6.58 Å². The number of rotatable bonds is 6. The Bertz CT molecular complexity index is 358. The van der Waals surface area contributed by atoms with E-state index in [4.69, 9.17) is 14.2 Å². The molecule has 2 rings (SSSR count). The zero-order valence-electron chi connectivity index (χ0n) is 10.2. The van der Waals surface area contributed by atoms with Gasteiger partial charge >= 0.3 is 5.97 Å². The van der Waals surface area contributed by atoms with Crippen LogP contribution in [-0.4, -0.2) is 18.4 Å². The maximum Gasteiger partial charge on any atom is 0.377 e. The largest absolute Gasteiger partial charge is 0.451 e. The topological polar surface area (TPSA) is 44.8 Å². The zero-order chi connectivity index (χ0) is 12.3. The molecule has 0 aliphatic carbocycles. The van der Waals surface area contributed by atoms with Crippen LogP contribution in [0.15, 0.2) is 24.2 Å². The molecule has 0 aromatic heterocycles. The predicted octanol–water partition coefficient (Wildman–Crippen LogP) is 2.65. The molecule has 0 aromatic rings. The summed E-state index contributed by atoms with van der Waals surface area (Å²) in [5.74, 6) is -0.348. The molecule has 0 spiro atoms. The molecule has 2 aliphatic heterocycles. The van der Waals surface area contributed by atoms with E-state index in [9.17, 15) is 4.79 Å². The van der Waals surface area contributed by atoms with Crippen LogP contribution in [0.5, 0.6) is 0 Å².